The summed E-state index contributed by atoms with van der Waals surface area (Å²) in [4.78, 5) is 0. The van der Waals surface area contributed by atoms with Crippen molar-refractivity contribution >= 4 is 17.3 Å². The van der Waals surface area contributed by atoms with Crippen LogP contribution in [-0.4, -0.2) is 7.05 Å². The van der Waals surface area contributed by atoms with Crippen molar-refractivity contribution in [3.8, 4) is 0 Å². The first-order valence-corrected chi connectivity index (χ1v) is 3.80. The standard InChI is InChI=1S/C8H11ClN2/c1-11-5-6-2-3-7(10)4-8(6)9/h2-4,11H,5,10H2,1H3. The third-order valence-electron chi connectivity index (χ3n) is 1.44. The summed E-state index contributed by atoms with van der Waals surface area (Å²) in [5, 5.41) is 3.74. The molecule has 0 aromatic heterocycles. The second-order valence-electron chi connectivity index (χ2n) is 2.38. The maximum atomic E-state index is 5.89. The summed E-state index contributed by atoms with van der Waals surface area (Å²) in [5.74, 6) is 0. The van der Waals surface area contributed by atoms with Crippen molar-refractivity contribution in [1.82, 2.24) is 5.32 Å². The first-order chi connectivity index (χ1) is 5.24. The number of benzene rings is 1. The molecule has 11 heavy (non-hydrogen) atoms. The number of hydrogen-bond donors (Lipinski definition) is 2. The van der Waals surface area contributed by atoms with Crippen molar-refractivity contribution in [2.75, 3.05) is 12.8 Å². The van der Waals surface area contributed by atoms with Crippen LogP contribution in [0.3, 0.4) is 0 Å². The zero-order valence-electron chi connectivity index (χ0n) is 6.39. The summed E-state index contributed by atoms with van der Waals surface area (Å²) < 4.78 is 0. The normalized spacial score (nSPS) is 10.0. The van der Waals surface area contributed by atoms with Crippen LogP contribution < -0.4 is 11.1 Å². The van der Waals surface area contributed by atoms with Crippen LogP contribution in [0.4, 0.5) is 5.69 Å². The molecule has 3 N–H and O–H groups in total. The molecule has 1 rings (SSSR count). The molecule has 0 fully saturated rings. The molecule has 0 aliphatic rings. The molecule has 0 atom stereocenters. The Morgan fingerprint density at radius 1 is 1.55 bits per heavy atom. The van der Waals surface area contributed by atoms with Crippen LogP contribution in [0.5, 0.6) is 0 Å². The van der Waals surface area contributed by atoms with Gasteiger partial charge in [-0.25, -0.2) is 0 Å². The minimum absolute atomic E-state index is 0.704. The van der Waals surface area contributed by atoms with Crippen LogP contribution in [0, 0.1) is 0 Å². The summed E-state index contributed by atoms with van der Waals surface area (Å²) >= 11 is 5.89. The molecular weight excluding hydrogens is 160 g/mol. The van der Waals surface area contributed by atoms with Gasteiger partial charge in [0.2, 0.25) is 0 Å². The molecule has 0 spiro atoms. The summed E-state index contributed by atoms with van der Waals surface area (Å²) in [7, 11) is 1.88. The molecule has 0 saturated carbocycles. The summed E-state index contributed by atoms with van der Waals surface area (Å²) in [6.45, 7) is 0.777. The predicted octanol–water partition coefficient (Wildman–Crippen LogP) is 1.64. The summed E-state index contributed by atoms with van der Waals surface area (Å²) in [6, 6.07) is 5.53. The van der Waals surface area contributed by atoms with E-state index in [-0.39, 0.29) is 0 Å². The first-order valence-electron chi connectivity index (χ1n) is 3.42. The van der Waals surface area contributed by atoms with Crippen molar-refractivity contribution in [2.45, 2.75) is 6.54 Å². The number of halogens is 1. The zero-order chi connectivity index (χ0) is 8.27. The molecule has 0 aliphatic carbocycles. The number of rotatable bonds is 2. The highest BCUT2D eigenvalue weighted by Crippen LogP contribution is 2.18. The molecule has 0 amide bonds. The quantitative estimate of drug-likeness (QED) is 0.663. The molecule has 0 saturated heterocycles. The Bertz CT molecular complexity index is 248. The smallest absolute Gasteiger partial charge is 0.0471 e. The molecular formula is C8H11ClN2. The van der Waals surface area contributed by atoms with Crippen molar-refractivity contribution in [3.63, 3.8) is 0 Å². The number of nitrogen functional groups attached to an aromatic ring is 1. The maximum absolute atomic E-state index is 5.89. The summed E-state index contributed by atoms with van der Waals surface area (Å²) in [5.41, 5.74) is 7.29. The molecule has 0 aliphatic heterocycles. The lowest BCUT2D eigenvalue weighted by Crippen LogP contribution is -2.05. The van der Waals surface area contributed by atoms with Crippen molar-refractivity contribution in [3.05, 3.63) is 28.8 Å². The molecule has 0 heterocycles. The Morgan fingerprint density at radius 2 is 2.27 bits per heavy atom. The lowest BCUT2D eigenvalue weighted by Gasteiger charge is -2.03. The Labute approximate surface area is 71.4 Å². The van der Waals surface area contributed by atoms with Gasteiger partial charge in [0, 0.05) is 17.3 Å². The zero-order valence-corrected chi connectivity index (χ0v) is 7.15. The molecule has 1 aromatic carbocycles. The van der Waals surface area contributed by atoms with E-state index in [0.717, 1.165) is 17.1 Å². The Balaban J connectivity index is 2.90. The number of nitrogens with one attached hydrogen (secondary N) is 1. The van der Waals surface area contributed by atoms with Crippen molar-refractivity contribution in [2.24, 2.45) is 0 Å². The van der Waals surface area contributed by atoms with Gasteiger partial charge >= 0.3 is 0 Å². The average Bonchev–Trinajstić information content (AvgIpc) is 1.95. The fourth-order valence-corrected chi connectivity index (χ4v) is 1.15. The Hall–Kier alpha value is -0.730. The van der Waals surface area contributed by atoms with Crippen LogP contribution in [0.15, 0.2) is 18.2 Å². The monoisotopic (exact) mass is 170 g/mol. The third-order valence-corrected chi connectivity index (χ3v) is 1.80. The maximum Gasteiger partial charge on any atom is 0.0471 e. The van der Waals surface area contributed by atoms with Gasteiger partial charge < -0.3 is 11.1 Å². The first kappa shape index (κ1) is 8.37. The van der Waals surface area contributed by atoms with Gasteiger partial charge in [-0.3, -0.25) is 0 Å². The lowest BCUT2D eigenvalue weighted by atomic mass is 10.2. The van der Waals surface area contributed by atoms with E-state index in [1.165, 1.54) is 0 Å². The minimum atomic E-state index is 0.704. The van der Waals surface area contributed by atoms with E-state index in [4.69, 9.17) is 17.3 Å². The van der Waals surface area contributed by atoms with Gasteiger partial charge in [-0.05, 0) is 24.7 Å². The topological polar surface area (TPSA) is 38.0 Å². The fraction of sp³-hybridized carbons (Fsp3) is 0.250. The van der Waals surface area contributed by atoms with Crippen molar-refractivity contribution < 1.29 is 0 Å². The highest BCUT2D eigenvalue weighted by molar-refractivity contribution is 6.31. The van der Waals surface area contributed by atoms with E-state index in [9.17, 15) is 0 Å². The molecule has 2 nitrogen and oxygen atoms in total. The molecule has 1 aromatic rings. The lowest BCUT2D eigenvalue weighted by molar-refractivity contribution is 0.818. The van der Waals surface area contributed by atoms with E-state index in [0.29, 0.717) is 5.69 Å². The number of anilines is 1. The van der Waals surface area contributed by atoms with E-state index in [2.05, 4.69) is 5.32 Å². The van der Waals surface area contributed by atoms with E-state index >= 15 is 0 Å². The van der Waals surface area contributed by atoms with Crippen LogP contribution in [0.2, 0.25) is 5.02 Å². The molecule has 3 heteroatoms. The largest absolute Gasteiger partial charge is 0.399 e. The minimum Gasteiger partial charge on any atom is -0.399 e. The molecule has 0 radical (unpaired) electrons. The van der Waals surface area contributed by atoms with Crippen LogP contribution >= 0.6 is 11.6 Å². The number of nitrogens with two attached hydrogens (primary N) is 1. The Kier molecular flexibility index (Phi) is 2.74. The number of hydrogen-bond acceptors (Lipinski definition) is 2. The molecule has 0 unspecified atom stereocenters. The second-order valence-corrected chi connectivity index (χ2v) is 2.79. The van der Waals surface area contributed by atoms with Gasteiger partial charge in [-0.2, -0.15) is 0 Å². The SMILES string of the molecule is CNCc1ccc(N)cc1Cl. The summed E-state index contributed by atoms with van der Waals surface area (Å²) in [6.07, 6.45) is 0. The van der Waals surface area contributed by atoms with Crippen LogP contribution in [0.1, 0.15) is 5.56 Å². The van der Waals surface area contributed by atoms with Crippen LogP contribution in [0.25, 0.3) is 0 Å². The van der Waals surface area contributed by atoms with Gasteiger partial charge in [0.15, 0.2) is 0 Å². The molecule has 0 bridgehead atoms. The highest BCUT2D eigenvalue weighted by atomic mass is 35.5. The highest BCUT2D eigenvalue weighted by Gasteiger charge is 1.97. The van der Waals surface area contributed by atoms with Gasteiger partial charge in [0.05, 0.1) is 0 Å². The van der Waals surface area contributed by atoms with Gasteiger partial charge in [-0.1, -0.05) is 17.7 Å². The van der Waals surface area contributed by atoms with Crippen LogP contribution in [-0.2, 0) is 6.54 Å². The third kappa shape index (κ3) is 2.10. The van der Waals surface area contributed by atoms with Crippen molar-refractivity contribution in [1.29, 1.82) is 0 Å². The van der Waals surface area contributed by atoms with E-state index < -0.39 is 0 Å². The molecule has 60 valence electrons. The van der Waals surface area contributed by atoms with E-state index in [1.807, 2.05) is 19.2 Å². The van der Waals surface area contributed by atoms with E-state index in [1.54, 1.807) is 6.07 Å². The average molecular weight is 171 g/mol. The second kappa shape index (κ2) is 3.60. The predicted molar refractivity (Wildman–Crippen MR) is 48.6 cm³/mol. The van der Waals surface area contributed by atoms with Gasteiger partial charge in [0.25, 0.3) is 0 Å². The van der Waals surface area contributed by atoms with Gasteiger partial charge in [0.1, 0.15) is 0 Å². The Morgan fingerprint density at radius 3 is 2.82 bits per heavy atom. The fourth-order valence-electron chi connectivity index (χ4n) is 0.897. The van der Waals surface area contributed by atoms with Gasteiger partial charge in [-0.15, -0.1) is 0 Å².